The number of nitrogens with zero attached hydrogens (tertiary/aromatic N) is 4. The highest BCUT2D eigenvalue weighted by Gasteiger charge is 2.54. The minimum Gasteiger partial charge on any atom is -0.494 e. The van der Waals surface area contributed by atoms with E-state index < -0.39 is 17.6 Å². The standard InChI is InChI=1S/C29H30Cl2N6O4/c1-18(2)34-36-28(39)29(17-20-6-3-4-7-25(20)35-37-32)26(23-13-10-21(30)16-24(23)31)41-27(33-29)19-8-11-22(12-9-19)40-15-5-14-38/h3-4,6-13,16,18,26,34,38H,5,14-15,17H2,1-2H3,(H,36,39)/t26-,29-/m0/s1. The number of hydrogen-bond donors (Lipinski definition) is 3. The van der Waals surface area contributed by atoms with Crippen molar-refractivity contribution in [3.05, 3.63) is 104 Å². The molecule has 0 aliphatic carbocycles. The highest BCUT2D eigenvalue weighted by molar-refractivity contribution is 6.35. The predicted molar refractivity (Wildman–Crippen MR) is 159 cm³/mol. The van der Waals surface area contributed by atoms with Crippen molar-refractivity contribution in [2.24, 2.45) is 10.1 Å². The van der Waals surface area contributed by atoms with Gasteiger partial charge in [0.1, 0.15) is 5.75 Å². The first-order valence-electron chi connectivity index (χ1n) is 13.0. The number of aliphatic hydroxyl groups is 1. The van der Waals surface area contributed by atoms with Crippen molar-refractivity contribution in [3.63, 3.8) is 0 Å². The third-order valence-corrected chi connectivity index (χ3v) is 6.92. The maximum atomic E-state index is 14.1. The molecule has 0 aromatic heterocycles. The fraction of sp³-hybridized carbons (Fsp3) is 0.310. The van der Waals surface area contributed by atoms with Crippen LogP contribution in [-0.2, 0) is 16.0 Å². The van der Waals surface area contributed by atoms with Crippen LogP contribution in [-0.4, -0.2) is 41.7 Å². The number of ether oxygens (including phenoxy) is 2. The van der Waals surface area contributed by atoms with E-state index >= 15 is 0 Å². The van der Waals surface area contributed by atoms with Gasteiger partial charge < -0.3 is 14.6 Å². The maximum Gasteiger partial charge on any atom is 0.266 e. The van der Waals surface area contributed by atoms with Gasteiger partial charge in [0, 0.05) is 57.3 Å². The smallest absolute Gasteiger partial charge is 0.266 e. The van der Waals surface area contributed by atoms with Crippen LogP contribution in [0.15, 0.2) is 76.8 Å². The number of halogens is 2. The molecule has 214 valence electrons. The fourth-order valence-corrected chi connectivity index (χ4v) is 4.90. The summed E-state index contributed by atoms with van der Waals surface area (Å²) in [7, 11) is 0. The summed E-state index contributed by atoms with van der Waals surface area (Å²) in [5.74, 6) is 0.382. The average molecular weight is 598 g/mol. The number of azide groups is 1. The maximum absolute atomic E-state index is 14.1. The zero-order chi connectivity index (χ0) is 29.4. The number of hydrogen-bond acceptors (Lipinski definition) is 7. The lowest BCUT2D eigenvalue weighted by Crippen LogP contribution is -2.55. The number of carbonyl (C=O) groups excluding carboxylic acids is 1. The van der Waals surface area contributed by atoms with E-state index in [4.69, 9.17) is 48.3 Å². The molecule has 2 atom stereocenters. The Morgan fingerprint density at radius 1 is 1.20 bits per heavy atom. The van der Waals surface area contributed by atoms with Crippen LogP contribution in [0.5, 0.6) is 5.75 Å². The summed E-state index contributed by atoms with van der Waals surface area (Å²) in [6.45, 7) is 4.19. The van der Waals surface area contributed by atoms with Gasteiger partial charge in [-0.3, -0.25) is 10.2 Å². The summed E-state index contributed by atoms with van der Waals surface area (Å²) >= 11 is 12.9. The first-order chi connectivity index (χ1) is 19.8. The van der Waals surface area contributed by atoms with Crippen LogP contribution in [0.25, 0.3) is 10.4 Å². The lowest BCUT2D eigenvalue weighted by molar-refractivity contribution is -0.130. The molecule has 1 amide bonds. The minimum atomic E-state index is -1.56. The van der Waals surface area contributed by atoms with Crippen molar-refractivity contribution in [2.75, 3.05) is 13.2 Å². The molecule has 1 aliphatic rings. The highest BCUT2D eigenvalue weighted by atomic mass is 35.5. The van der Waals surface area contributed by atoms with Crippen LogP contribution in [0.3, 0.4) is 0 Å². The van der Waals surface area contributed by atoms with E-state index in [1.54, 1.807) is 66.7 Å². The molecule has 0 spiro atoms. The molecule has 3 aromatic carbocycles. The van der Waals surface area contributed by atoms with E-state index in [0.717, 1.165) is 0 Å². The minimum absolute atomic E-state index is 0.0310. The summed E-state index contributed by atoms with van der Waals surface area (Å²) in [4.78, 5) is 22.0. The molecule has 1 aliphatic heterocycles. The van der Waals surface area contributed by atoms with Gasteiger partial charge in [-0.2, -0.15) is 0 Å². The van der Waals surface area contributed by atoms with E-state index in [1.165, 1.54) is 0 Å². The number of carbonyl (C=O) groups is 1. The van der Waals surface area contributed by atoms with E-state index in [-0.39, 0.29) is 25.0 Å². The van der Waals surface area contributed by atoms with Crippen molar-refractivity contribution in [1.29, 1.82) is 0 Å². The second-order valence-corrected chi connectivity index (χ2v) is 10.5. The van der Waals surface area contributed by atoms with E-state index in [2.05, 4.69) is 20.9 Å². The quantitative estimate of drug-likeness (QED) is 0.0747. The molecule has 3 N–H and O–H groups in total. The Morgan fingerprint density at radius 3 is 2.63 bits per heavy atom. The Labute approximate surface area is 247 Å². The van der Waals surface area contributed by atoms with Gasteiger partial charge in [-0.1, -0.05) is 58.6 Å². The molecule has 10 nitrogen and oxygen atoms in total. The van der Waals surface area contributed by atoms with Crippen molar-refractivity contribution < 1.29 is 19.4 Å². The lowest BCUT2D eigenvalue weighted by Gasteiger charge is -2.32. The van der Waals surface area contributed by atoms with Gasteiger partial charge in [0.25, 0.3) is 5.91 Å². The topological polar surface area (TPSA) is 141 Å². The molecule has 3 aromatic rings. The van der Waals surface area contributed by atoms with Gasteiger partial charge in [0.2, 0.25) is 5.90 Å². The fourth-order valence-electron chi connectivity index (χ4n) is 4.39. The third-order valence-electron chi connectivity index (χ3n) is 6.35. The molecule has 41 heavy (non-hydrogen) atoms. The third kappa shape index (κ3) is 7.11. The summed E-state index contributed by atoms with van der Waals surface area (Å²) in [5, 5.41) is 13.6. The van der Waals surface area contributed by atoms with Crippen molar-refractivity contribution in [3.8, 4) is 5.75 Å². The van der Waals surface area contributed by atoms with E-state index in [0.29, 0.717) is 51.2 Å². The molecule has 0 saturated heterocycles. The Balaban J connectivity index is 1.85. The molecular weight excluding hydrogens is 567 g/mol. The number of nitrogens with one attached hydrogen (secondary N) is 2. The summed E-state index contributed by atoms with van der Waals surface area (Å²) in [6, 6.07) is 19.0. The molecule has 0 fully saturated rings. The van der Waals surface area contributed by atoms with Crippen LogP contribution in [0.1, 0.15) is 43.1 Å². The summed E-state index contributed by atoms with van der Waals surface area (Å²) < 4.78 is 12.1. The van der Waals surface area contributed by atoms with Crippen LogP contribution in [0.4, 0.5) is 5.69 Å². The highest BCUT2D eigenvalue weighted by Crippen LogP contribution is 2.45. The summed E-state index contributed by atoms with van der Waals surface area (Å²) in [5.41, 5.74) is 15.4. The van der Waals surface area contributed by atoms with Gasteiger partial charge >= 0.3 is 0 Å². The molecular formula is C29H30Cl2N6O4. The average Bonchev–Trinajstić information content (AvgIpc) is 3.33. The second kappa shape index (κ2) is 13.7. The van der Waals surface area contributed by atoms with Gasteiger partial charge in [-0.05, 0) is 61.3 Å². The van der Waals surface area contributed by atoms with Crippen LogP contribution < -0.4 is 15.6 Å². The Kier molecular flexibility index (Phi) is 10.1. The lowest BCUT2D eigenvalue weighted by atomic mass is 9.81. The zero-order valence-corrected chi connectivity index (χ0v) is 24.1. The van der Waals surface area contributed by atoms with Gasteiger partial charge in [0.15, 0.2) is 11.6 Å². The second-order valence-electron chi connectivity index (χ2n) is 9.70. The van der Waals surface area contributed by atoms with Crippen molar-refractivity contribution >= 4 is 40.7 Å². The molecule has 0 bridgehead atoms. The molecule has 12 heteroatoms. The number of hydrazine groups is 1. The number of amides is 1. The Morgan fingerprint density at radius 2 is 1.95 bits per heavy atom. The Bertz CT molecular complexity index is 1460. The van der Waals surface area contributed by atoms with Gasteiger partial charge in [-0.15, -0.1) is 0 Å². The van der Waals surface area contributed by atoms with E-state index in [1.807, 2.05) is 13.8 Å². The van der Waals surface area contributed by atoms with E-state index in [9.17, 15) is 4.79 Å². The van der Waals surface area contributed by atoms with Gasteiger partial charge in [0.05, 0.1) is 6.61 Å². The van der Waals surface area contributed by atoms with Gasteiger partial charge in [-0.25, -0.2) is 10.4 Å². The zero-order valence-electron chi connectivity index (χ0n) is 22.6. The molecule has 0 saturated carbocycles. The Hall–Kier alpha value is -3.79. The molecule has 4 rings (SSSR count). The number of rotatable bonds is 12. The number of aliphatic hydroxyl groups excluding tert-OH is 1. The van der Waals surface area contributed by atoms with Crippen molar-refractivity contribution in [1.82, 2.24) is 10.9 Å². The van der Waals surface area contributed by atoms with Crippen LogP contribution in [0, 0.1) is 0 Å². The monoisotopic (exact) mass is 596 g/mol. The number of benzene rings is 3. The first-order valence-corrected chi connectivity index (χ1v) is 13.8. The normalized spacial score (nSPS) is 17.9. The summed E-state index contributed by atoms with van der Waals surface area (Å²) in [6.07, 6.45) is -0.417. The van der Waals surface area contributed by atoms with Crippen LogP contribution in [0.2, 0.25) is 10.0 Å². The first kappa shape index (κ1) is 30.2. The predicted octanol–water partition coefficient (Wildman–Crippen LogP) is 6.23. The van der Waals surface area contributed by atoms with Crippen LogP contribution >= 0.6 is 23.2 Å². The molecule has 0 unspecified atom stereocenters. The SMILES string of the molecule is CC(C)NNC(=O)[C@@]1(Cc2ccccc2N=[N+]=[N-])N=C(c2ccc(OCCCO)cc2)O[C@H]1c1ccc(Cl)cc1Cl. The van der Waals surface area contributed by atoms with Crippen molar-refractivity contribution in [2.45, 2.75) is 44.4 Å². The largest absolute Gasteiger partial charge is 0.494 e. The number of aliphatic imine (C=N–C) groups is 1. The molecule has 1 heterocycles. The molecule has 0 radical (unpaired) electrons.